The van der Waals surface area contributed by atoms with Crippen LogP contribution in [0.2, 0.25) is 39.3 Å². The molecule has 2 aromatic heterocycles. The largest absolute Gasteiger partial charge is 0.310 e. The molecule has 0 saturated carbocycles. The van der Waals surface area contributed by atoms with Gasteiger partial charge in [-0.3, -0.25) is 9.59 Å². The second-order valence-electron chi connectivity index (χ2n) is 18.3. The van der Waals surface area contributed by atoms with E-state index in [0.717, 1.165) is 33.7 Å². The first-order chi connectivity index (χ1) is 28.6. The molecule has 2 aliphatic heterocycles. The molecule has 0 unspecified atom stereocenters. The summed E-state index contributed by atoms with van der Waals surface area (Å²) in [5.41, 5.74) is 23.3. The molecular formula is C52H44N2O2S2Si2. The third-order valence-corrected chi connectivity index (χ3v) is 15.5. The number of hydrogen-bond donors (Lipinski definition) is 0. The highest BCUT2D eigenvalue weighted by Gasteiger charge is 2.47. The Kier molecular flexibility index (Phi) is 8.91. The number of nitrogens with zero attached hydrogens (tertiary/aromatic N) is 2. The lowest BCUT2D eigenvalue weighted by Crippen LogP contribution is -2.25. The molecule has 0 spiro atoms. The molecule has 4 nitrogen and oxygen atoms in total. The van der Waals surface area contributed by atoms with E-state index in [1.54, 1.807) is 46.6 Å². The Morgan fingerprint density at radius 2 is 0.800 bits per heavy atom. The van der Waals surface area contributed by atoms with Crippen molar-refractivity contribution in [3.63, 3.8) is 0 Å². The van der Waals surface area contributed by atoms with Crippen LogP contribution >= 0.6 is 22.7 Å². The van der Waals surface area contributed by atoms with Gasteiger partial charge in [0, 0.05) is 23.8 Å². The first kappa shape index (κ1) is 38.5. The predicted molar refractivity (Wildman–Crippen MR) is 256 cm³/mol. The van der Waals surface area contributed by atoms with Crippen molar-refractivity contribution in [1.82, 2.24) is 9.80 Å². The van der Waals surface area contributed by atoms with Crippen LogP contribution in [-0.4, -0.2) is 51.9 Å². The highest BCUT2D eigenvalue weighted by atomic mass is 32.1. The third kappa shape index (κ3) is 6.60. The van der Waals surface area contributed by atoms with Crippen molar-refractivity contribution in [2.24, 2.45) is 0 Å². The van der Waals surface area contributed by atoms with E-state index in [4.69, 9.17) is 0 Å². The molecule has 0 radical (unpaired) electrons. The Bertz CT molecular complexity index is 2900. The highest BCUT2D eigenvalue weighted by molar-refractivity contribution is 7.16. The average Bonchev–Trinajstić information content (AvgIpc) is 4.06. The molecule has 0 N–H and O–H groups in total. The lowest BCUT2D eigenvalue weighted by molar-refractivity contribution is -0.123. The molecule has 0 saturated heterocycles. The number of hydrogen-bond acceptors (Lipinski definition) is 4. The first-order valence-electron chi connectivity index (χ1n) is 20.5. The minimum Gasteiger partial charge on any atom is -0.310 e. The van der Waals surface area contributed by atoms with Gasteiger partial charge < -0.3 is 9.80 Å². The number of rotatable bonds is 4. The topological polar surface area (TPSA) is 40.6 Å². The van der Waals surface area contributed by atoms with E-state index in [1.165, 1.54) is 65.4 Å². The Balaban J connectivity index is 0.939. The summed E-state index contributed by atoms with van der Waals surface area (Å²) >= 11 is 3.50. The molecule has 294 valence electrons. The SMILES string of the molecule is CN1C(=O)C2=C(c3ccc4c(c3)Cc3cc(-c5ccc(C#C[Si](C)(C)C)s5)ccc3-4)N(C)C(=O)C2=C1c1ccc2c(c1)Cc1cc(-c3ccc(C#C[Si](C)(C)C)s3)ccc1-2. The normalized spacial score (nSPS) is 15.1. The van der Waals surface area contributed by atoms with Crippen molar-refractivity contribution in [2.45, 2.75) is 52.1 Å². The minimum absolute atomic E-state index is 0.149. The maximum absolute atomic E-state index is 14.2. The van der Waals surface area contributed by atoms with Gasteiger partial charge in [-0.1, -0.05) is 99.7 Å². The van der Waals surface area contributed by atoms with Crippen LogP contribution in [0.15, 0.2) is 108 Å². The highest BCUT2D eigenvalue weighted by Crippen LogP contribution is 2.48. The first-order valence-corrected chi connectivity index (χ1v) is 29.1. The molecule has 0 atom stereocenters. The van der Waals surface area contributed by atoms with Gasteiger partial charge in [-0.25, -0.2) is 0 Å². The quantitative estimate of drug-likeness (QED) is 0.131. The number of thiophene rings is 2. The van der Waals surface area contributed by atoms with Crippen LogP contribution in [0, 0.1) is 22.9 Å². The van der Waals surface area contributed by atoms with Crippen LogP contribution < -0.4 is 0 Å². The van der Waals surface area contributed by atoms with Crippen LogP contribution in [-0.2, 0) is 22.4 Å². The van der Waals surface area contributed by atoms with E-state index in [0.29, 0.717) is 22.5 Å². The van der Waals surface area contributed by atoms with Gasteiger partial charge in [0.05, 0.1) is 32.3 Å². The van der Waals surface area contributed by atoms with Crippen LogP contribution in [0.3, 0.4) is 0 Å². The number of carbonyl (C=O) groups is 2. The van der Waals surface area contributed by atoms with E-state index in [1.807, 2.05) is 0 Å². The molecule has 60 heavy (non-hydrogen) atoms. The molecular weight excluding hydrogens is 805 g/mol. The molecule has 4 aromatic carbocycles. The number of carbonyl (C=O) groups excluding carboxylic acids is 2. The molecule has 4 heterocycles. The number of benzene rings is 4. The lowest BCUT2D eigenvalue weighted by atomic mass is 9.97. The summed E-state index contributed by atoms with van der Waals surface area (Å²) in [6.45, 7) is 13.6. The fourth-order valence-electron chi connectivity index (χ4n) is 8.84. The van der Waals surface area contributed by atoms with E-state index >= 15 is 0 Å². The van der Waals surface area contributed by atoms with Crippen LogP contribution in [0.4, 0.5) is 0 Å². The number of amides is 2. The van der Waals surface area contributed by atoms with Crippen molar-refractivity contribution in [2.75, 3.05) is 14.1 Å². The molecule has 8 heteroatoms. The van der Waals surface area contributed by atoms with Crippen molar-refractivity contribution in [3.05, 3.63) is 151 Å². The van der Waals surface area contributed by atoms with Crippen LogP contribution in [0.1, 0.15) is 43.1 Å². The van der Waals surface area contributed by atoms with Crippen molar-refractivity contribution < 1.29 is 9.59 Å². The summed E-state index contributed by atoms with van der Waals surface area (Å²) in [5, 5.41) is 0. The van der Waals surface area contributed by atoms with Gasteiger partial charge in [0.1, 0.15) is 16.1 Å². The van der Waals surface area contributed by atoms with Gasteiger partial charge in [0.25, 0.3) is 11.8 Å². The predicted octanol–water partition coefficient (Wildman–Crippen LogP) is 11.8. The van der Waals surface area contributed by atoms with E-state index < -0.39 is 16.1 Å². The zero-order valence-electron chi connectivity index (χ0n) is 35.2. The maximum atomic E-state index is 14.2. The van der Waals surface area contributed by atoms with Crippen LogP contribution in [0.5, 0.6) is 0 Å². The maximum Gasteiger partial charge on any atom is 0.261 e. The number of fused-ring (bicyclic) bond motifs is 7. The second-order valence-corrected chi connectivity index (χ2v) is 30.0. The monoisotopic (exact) mass is 848 g/mol. The van der Waals surface area contributed by atoms with Crippen molar-refractivity contribution in [3.8, 4) is 66.1 Å². The van der Waals surface area contributed by atoms with Crippen molar-refractivity contribution in [1.29, 1.82) is 0 Å². The molecule has 4 aliphatic rings. The summed E-state index contributed by atoms with van der Waals surface area (Å²) in [6.07, 6.45) is 1.59. The zero-order chi connectivity index (χ0) is 41.8. The molecule has 0 bridgehead atoms. The summed E-state index contributed by atoms with van der Waals surface area (Å²) in [4.78, 5) is 36.5. The molecule has 2 aliphatic carbocycles. The Labute approximate surface area is 362 Å². The van der Waals surface area contributed by atoms with Gasteiger partial charge in [-0.15, -0.1) is 33.8 Å². The lowest BCUT2D eigenvalue weighted by Gasteiger charge is -2.20. The standard InChI is InChI=1S/C52H44N2O2S2Si2/c1-53-49(33-11-17-43-37(27-33)29-35-25-31(9-15-41(35)43)45-19-13-39(57-45)21-23-59(3,4)5)47-48(51(53)55)50(54(2)52(47)56)34-12-18-44-38(28-34)30-36-26-32(10-16-42(36)44)46-20-14-40(58-46)22-24-60(6,7)8/h9-20,25-28H,29-30H2,1-8H3. The summed E-state index contributed by atoms with van der Waals surface area (Å²) in [7, 11) is 0.694. The van der Waals surface area contributed by atoms with E-state index in [-0.39, 0.29) is 11.8 Å². The number of likely N-dealkylation sites (N-methyl/N-ethyl adjacent to an activating group) is 2. The Morgan fingerprint density at radius 3 is 1.15 bits per heavy atom. The fourth-order valence-corrected chi connectivity index (χ4v) is 11.8. The average molecular weight is 849 g/mol. The van der Waals surface area contributed by atoms with Crippen LogP contribution in [0.25, 0.3) is 54.5 Å². The second kappa shape index (κ2) is 13.9. The summed E-state index contributed by atoms with van der Waals surface area (Å²) in [6, 6.07) is 35.0. The van der Waals surface area contributed by atoms with Gasteiger partial charge >= 0.3 is 0 Å². The Morgan fingerprint density at radius 1 is 0.467 bits per heavy atom. The smallest absolute Gasteiger partial charge is 0.261 e. The fraction of sp³-hybridized carbons (Fsp3) is 0.192. The van der Waals surface area contributed by atoms with Gasteiger partial charge in [0.2, 0.25) is 0 Å². The molecule has 6 aromatic rings. The molecule has 10 rings (SSSR count). The van der Waals surface area contributed by atoms with E-state index in [9.17, 15) is 9.59 Å². The molecule has 0 fully saturated rings. The Hall–Kier alpha value is -5.75. The van der Waals surface area contributed by atoms with Crippen molar-refractivity contribution >= 4 is 62.0 Å². The summed E-state index contributed by atoms with van der Waals surface area (Å²) in [5.74, 6) is 6.51. The van der Waals surface area contributed by atoms with E-state index in [2.05, 4.69) is 159 Å². The molecule has 2 amide bonds. The minimum atomic E-state index is -1.45. The zero-order valence-corrected chi connectivity index (χ0v) is 38.8. The van der Waals surface area contributed by atoms with Gasteiger partial charge in [-0.2, -0.15) is 0 Å². The van der Waals surface area contributed by atoms with Gasteiger partial charge in [0.15, 0.2) is 0 Å². The third-order valence-electron chi connectivity index (χ3n) is 11.6. The van der Waals surface area contributed by atoms with Gasteiger partial charge in [-0.05, 0) is 128 Å². The summed E-state index contributed by atoms with van der Waals surface area (Å²) < 4.78 is 0.